The van der Waals surface area contributed by atoms with E-state index in [-0.39, 0.29) is 19.4 Å². The number of esters is 2. The number of phosphoric acid groups is 1. The fourth-order valence-electron chi connectivity index (χ4n) is 6.48. The van der Waals surface area contributed by atoms with Crippen molar-refractivity contribution in [2.24, 2.45) is 5.92 Å². The van der Waals surface area contributed by atoms with Crippen LogP contribution in [0.25, 0.3) is 0 Å². The highest BCUT2D eigenvalue weighted by molar-refractivity contribution is 7.47. The number of carbonyl (C=O) groups is 2. The SMILES string of the molecule is CCCCC/C=C\CC1OC1CCCCCCCC(=O)O[C@H](COC(=O)CCCCCCCCCCCCCCCC(C)C)COP(=O)(O)OC[C@@H](O)CO. The van der Waals surface area contributed by atoms with E-state index in [2.05, 4.69) is 32.9 Å². The Bertz CT molecular complexity index is 1010. The number of rotatable bonds is 40. The van der Waals surface area contributed by atoms with Crippen LogP contribution in [-0.2, 0) is 37.4 Å². The minimum atomic E-state index is -4.62. The first-order valence-corrected chi connectivity index (χ1v) is 23.6. The van der Waals surface area contributed by atoms with Crippen LogP contribution in [0.5, 0.6) is 0 Å². The maximum absolute atomic E-state index is 12.6. The lowest BCUT2D eigenvalue weighted by atomic mass is 10.0. The summed E-state index contributed by atoms with van der Waals surface area (Å²) in [7, 11) is -4.62. The van der Waals surface area contributed by atoms with Gasteiger partial charge < -0.3 is 29.3 Å². The van der Waals surface area contributed by atoms with Gasteiger partial charge in [-0.15, -0.1) is 0 Å². The average molecular weight is 805 g/mol. The first-order chi connectivity index (χ1) is 26.6. The summed E-state index contributed by atoms with van der Waals surface area (Å²) in [4.78, 5) is 35.0. The van der Waals surface area contributed by atoms with Crippen molar-refractivity contribution in [3.8, 4) is 0 Å². The normalized spacial score (nSPS) is 17.7. The summed E-state index contributed by atoms with van der Waals surface area (Å²) in [6.45, 7) is 4.67. The molecule has 1 heterocycles. The van der Waals surface area contributed by atoms with Gasteiger partial charge in [-0.2, -0.15) is 0 Å². The summed E-state index contributed by atoms with van der Waals surface area (Å²) in [5.41, 5.74) is 0. The molecule has 1 rings (SSSR count). The highest BCUT2D eigenvalue weighted by Gasteiger charge is 2.36. The van der Waals surface area contributed by atoms with Gasteiger partial charge in [-0.05, 0) is 44.4 Å². The van der Waals surface area contributed by atoms with Crippen molar-refractivity contribution in [1.29, 1.82) is 0 Å². The fourth-order valence-corrected chi connectivity index (χ4v) is 7.27. The molecule has 1 saturated heterocycles. The summed E-state index contributed by atoms with van der Waals surface area (Å²) in [5.74, 6) is -0.124. The third kappa shape index (κ3) is 33.4. The van der Waals surface area contributed by atoms with Crippen LogP contribution in [0.3, 0.4) is 0 Å². The van der Waals surface area contributed by atoms with Gasteiger partial charge in [0.2, 0.25) is 0 Å². The van der Waals surface area contributed by atoms with Gasteiger partial charge in [0, 0.05) is 12.8 Å². The number of allylic oxidation sites excluding steroid dienone is 1. The van der Waals surface area contributed by atoms with Crippen molar-refractivity contribution in [3.05, 3.63) is 12.2 Å². The van der Waals surface area contributed by atoms with Crippen molar-refractivity contribution in [2.75, 3.05) is 26.4 Å². The quantitative estimate of drug-likeness (QED) is 0.0178. The van der Waals surface area contributed by atoms with Crippen molar-refractivity contribution >= 4 is 19.8 Å². The van der Waals surface area contributed by atoms with Gasteiger partial charge in [-0.1, -0.05) is 155 Å². The van der Waals surface area contributed by atoms with Crippen molar-refractivity contribution in [1.82, 2.24) is 0 Å². The van der Waals surface area contributed by atoms with Gasteiger partial charge in [-0.25, -0.2) is 4.57 Å². The van der Waals surface area contributed by atoms with E-state index in [0.717, 1.165) is 70.1 Å². The Hall–Kier alpha value is -1.33. The standard InChI is InChI=1S/C43H81O11P/c1-4-5-6-7-19-24-29-40-41(54-40)30-25-20-17-22-27-32-43(47)53-39(36-52-55(48,49)51-34-38(45)33-44)35-50-42(46)31-26-21-16-14-12-10-8-9-11-13-15-18-23-28-37(2)3/h19,24,37-41,44-45H,4-18,20-23,25-36H2,1-3H3,(H,48,49)/b24-19-/t38-,39+,40?,41?/m0/s1. The molecule has 0 spiro atoms. The maximum atomic E-state index is 12.6. The smallest absolute Gasteiger partial charge is 0.462 e. The summed E-state index contributed by atoms with van der Waals surface area (Å²) in [6.07, 6.45) is 32.0. The number of aliphatic hydroxyl groups is 2. The maximum Gasteiger partial charge on any atom is 0.472 e. The van der Waals surface area contributed by atoms with Crippen LogP contribution >= 0.6 is 7.82 Å². The number of phosphoric ester groups is 1. The Balaban J connectivity index is 2.24. The number of aliphatic hydroxyl groups excluding tert-OH is 2. The van der Waals surface area contributed by atoms with E-state index in [9.17, 15) is 24.2 Å². The largest absolute Gasteiger partial charge is 0.472 e. The number of ether oxygens (including phenoxy) is 3. The van der Waals surface area contributed by atoms with Crippen LogP contribution in [0.15, 0.2) is 12.2 Å². The van der Waals surface area contributed by atoms with E-state index in [0.29, 0.717) is 25.0 Å². The number of unbranched alkanes of at least 4 members (excludes halogenated alkanes) is 19. The Morgan fingerprint density at radius 1 is 0.691 bits per heavy atom. The lowest BCUT2D eigenvalue weighted by Crippen LogP contribution is -2.29. The molecule has 1 aliphatic rings. The fraction of sp³-hybridized carbons (Fsp3) is 0.907. The summed E-state index contributed by atoms with van der Waals surface area (Å²) in [6, 6.07) is 0. The molecule has 1 fully saturated rings. The van der Waals surface area contributed by atoms with E-state index in [1.54, 1.807) is 0 Å². The van der Waals surface area contributed by atoms with Crippen molar-refractivity contribution < 1.29 is 52.5 Å². The van der Waals surface area contributed by atoms with E-state index in [4.69, 9.17) is 28.4 Å². The van der Waals surface area contributed by atoms with E-state index >= 15 is 0 Å². The molecule has 0 amide bonds. The lowest BCUT2D eigenvalue weighted by Gasteiger charge is -2.20. The van der Waals surface area contributed by atoms with Crippen molar-refractivity contribution in [3.63, 3.8) is 0 Å². The van der Waals surface area contributed by atoms with Gasteiger partial charge in [0.15, 0.2) is 6.10 Å². The minimum absolute atomic E-state index is 0.164. The summed E-state index contributed by atoms with van der Waals surface area (Å²) >= 11 is 0. The highest BCUT2D eigenvalue weighted by Crippen LogP contribution is 2.43. The molecule has 3 N–H and O–H groups in total. The molecular weight excluding hydrogens is 723 g/mol. The molecule has 11 nitrogen and oxygen atoms in total. The molecule has 55 heavy (non-hydrogen) atoms. The number of hydrogen-bond donors (Lipinski definition) is 3. The zero-order valence-electron chi connectivity index (χ0n) is 35.0. The van der Waals surface area contributed by atoms with Gasteiger partial charge in [0.1, 0.15) is 12.7 Å². The zero-order valence-corrected chi connectivity index (χ0v) is 35.9. The van der Waals surface area contributed by atoms with Gasteiger partial charge in [-0.3, -0.25) is 18.6 Å². The Morgan fingerprint density at radius 3 is 1.82 bits per heavy atom. The Morgan fingerprint density at radius 2 is 1.24 bits per heavy atom. The first kappa shape index (κ1) is 51.7. The number of epoxide rings is 1. The van der Waals surface area contributed by atoms with Crippen molar-refractivity contribution in [2.45, 2.75) is 219 Å². The predicted molar refractivity (Wildman–Crippen MR) is 219 cm³/mol. The second-order valence-corrected chi connectivity index (χ2v) is 17.4. The Kier molecular flexibility index (Phi) is 32.6. The van der Waals surface area contributed by atoms with E-state index < -0.39 is 51.8 Å². The van der Waals surface area contributed by atoms with Crippen LogP contribution in [0.2, 0.25) is 0 Å². The summed E-state index contributed by atoms with van der Waals surface area (Å²) < 4.78 is 38.5. The van der Waals surface area contributed by atoms with Gasteiger partial charge in [0.25, 0.3) is 0 Å². The number of hydrogen-bond acceptors (Lipinski definition) is 10. The van der Waals surface area contributed by atoms with Crippen LogP contribution in [0.4, 0.5) is 0 Å². The molecule has 0 saturated carbocycles. The third-order valence-electron chi connectivity index (χ3n) is 10.0. The van der Waals surface area contributed by atoms with Crippen LogP contribution in [0.1, 0.15) is 194 Å². The zero-order chi connectivity index (χ0) is 40.4. The second kappa shape index (κ2) is 34.7. The van der Waals surface area contributed by atoms with E-state index in [1.807, 2.05) is 0 Å². The molecule has 5 atom stereocenters. The second-order valence-electron chi connectivity index (χ2n) is 15.9. The average Bonchev–Trinajstić information content (AvgIpc) is 3.91. The van der Waals surface area contributed by atoms with Crippen LogP contribution in [0, 0.1) is 5.92 Å². The van der Waals surface area contributed by atoms with Crippen LogP contribution in [-0.4, -0.2) is 77.9 Å². The molecule has 1 aliphatic heterocycles. The molecular formula is C43H81O11P. The molecule has 0 bridgehead atoms. The van der Waals surface area contributed by atoms with Gasteiger partial charge in [0.05, 0.1) is 32.0 Å². The van der Waals surface area contributed by atoms with E-state index in [1.165, 1.54) is 83.5 Å². The highest BCUT2D eigenvalue weighted by atomic mass is 31.2. The van der Waals surface area contributed by atoms with Gasteiger partial charge >= 0.3 is 19.8 Å². The predicted octanol–water partition coefficient (Wildman–Crippen LogP) is 10.5. The third-order valence-corrected chi connectivity index (χ3v) is 11.0. The lowest BCUT2D eigenvalue weighted by molar-refractivity contribution is -0.161. The monoisotopic (exact) mass is 805 g/mol. The Labute approximate surface area is 334 Å². The topological polar surface area (TPSA) is 161 Å². The first-order valence-electron chi connectivity index (χ1n) is 22.1. The molecule has 0 aromatic rings. The molecule has 0 aromatic carbocycles. The molecule has 0 aliphatic carbocycles. The molecule has 12 heteroatoms. The molecule has 324 valence electrons. The minimum Gasteiger partial charge on any atom is -0.462 e. The molecule has 3 unspecified atom stereocenters. The molecule has 0 aromatic heterocycles. The van der Waals surface area contributed by atoms with Crippen LogP contribution < -0.4 is 0 Å². The summed E-state index contributed by atoms with van der Waals surface area (Å²) in [5, 5.41) is 18.3. The molecule has 0 radical (unpaired) electrons. The number of carbonyl (C=O) groups excluding carboxylic acids is 2.